The van der Waals surface area contributed by atoms with Gasteiger partial charge in [0.1, 0.15) is 18.1 Å². The molecular weight excluding hydrogens is 362 g/mol. The fourth-order valence-corrected chi connectivity index (χ4v) is 3.91. The van der Waals surface area contributed by atoms with E-state index < -0.39 is 10.0 Å². The molecule has 0 aliphatic carbocycles. The van der Waals surface area contributed by atoms with E-state index in [0.717, 1.165) is 5.56 Å². The van der Waals surface area contributed by atoms with Crippen LogP contribution in [0.1, 0.15) is 11.1 Å². The number of benzene rings is 3. The number of hydrogen-bond donors (Lipinski definition) is 1. The summed E-state index contributed by atoms with van der Waals surface area (Å²) in [7, 11) is -2.14. The minimum atomic E-state index is -3.68. The lowest BCUT2D eigenvalue weighted by Gasteiger charge is -2.12. The van der Waals surface area contributed by atoms with E-state index in [9.17, 15) is 8.42 Å². The standard InChI is InChI=1S/C21H21NO4S/c1-16-14-20(25-2)12-13-21(16)27(23,24)22-18-8-10-19(11-9-18)26-15-17-6-4-3-5-7-17/h3-14,22H,15H2,1-2H3. The molecule has 3 rings (SSSR count). The second-order valence-electron chi connectivity index (χ2n) is 6.04. The van der Waals surface area contributed by atoms with Gasteiger partial charge in [-0.25, -0.2) is 8.42 Å². The maximum absolute atomic E-state index is 12.6. The van der Waals surface area contributed by atoms with Gasteiger partial charge < -0.3 is 9.47 Å². The van der Waals surface area contributed by atoms with Crippen molar-refractivity contribution in [1.29, 1.82) is 0 Å². The van der Waals surface area contributed by atoms with Gasteiger partial charge in [-0.15, -0.1) is 0 Å². The molecule has 0 saturated heterocycles. The molecule has 0 amide bonds. The first kappa shape index (κ1) is 18.8. The predicted octanol–water partition coefficient (Wildman–Crippen LogP) is 4.38. The van der Waals surface area contributed by atoms with Gasteiger partial charge >= 0.3 is 0 Å². The third kappa shape index (κ3) is 4.80. The van der Waals surface area contributed by atoms with E-state index in [1.54, 1.807) is 50.4 Å². The largest absolute Gasteiger partial charge is 0.497 e. The van der Waals surface area contributed by atoms with Crippen LogP contribution >= 0.6 is 0 Å². The summed E-state index contributed by atoms with van der Waals surface area (Å²) in [5, 5.41) is 0. The second-order valence-corrected chi connectivity index (χ2v) is 7.69. The summed E-state index contributed by atoms with van der Waals surface area (Å²) in [6.07, 6.45) is 0. The highest BCUT2D eigenvalue weighted by Gasteiger charge is 2.17. The molecule has 0 unspecified atom stereocenters. The average molecular weight is 383 g/mol. The molecule has 27 heavy (non-hydrogen) atoms. The number of methoxy groups -OCH3 is 1. The van der Waals surface area contributed by atoms with Crippen molar-refractivity contribution in [2.45, 2.75) is 18.4 Å². The maximum atomic E-state index is 12.6. The van der Waals surface area contributed by atoms with Crippen molar-refractivity contribution >= 4 is 15.7 Å². The normalized spacial score (nSPS) is 11.0. The van der Waals surface area contributed by atoms with Crippen LogP contribution in [0.15, 0.2) is 77.7 Å². The minimum Gasteiger partial charge on any atom is -0.497 e. The van der Waals surface area contributed by atoms with E-state index in [1.807, 2.05) is 30.3 Å². The lowest BCUT2D eigenvalue weighted by atomic mass is 10.2. The zero-order valence-electron chi connectivity index (χ0n) is 15.2. The van der Waals surface area contributed by atoms with E-state index in [4.69, 9.17) is 9.47 Å². The van der Waals surface area contributed by atoms with Crippen molar-refractivity contribution in [3.8, 4) is 11.5 Å². The first-order valence-corrected chi connectivity index (χ1v) is 9.90. The summed E-state index contributed by atoms with van der Waals surface area (Å²) in [6.45, 7) is 2.19. The third-order valence-corrected chi connectivity index (χ3v) is 5.57. The molecule has 0 fully saturated rings. The first-order chi connectivity index (χ1) is 13.0. The van der Waals surface area contributed by atoms with Gasteiger partial charge in [-0.3, -0.25) is 4.72 Å². The van der Waals surface area contributed by atoms with E-state index in [-0.39, 0.29) is 4.90 Å². The van der Waals surface area contributed by atoms with Gasteiger partial charge in [-0.2, -0.15) is 0 Å². The summed E-state index contributed by atoms with van der Waals surface area (Å²) in [5.41, 5.74) is 2.15. The quantitative estimate of drug-likeness (QED) is 0.657. The molecule has 3 aromatic carbocycles. The highest BCUT2D eigenvalue weighted by Crippen LogP contribution is 2.24. The number of sulfonamides is 1. The van der Waals surface area contributed by atoms with Crippen LogP contribution in [0.3, 0.4) is 0 Å². The maximum Gasteiger partial charge on any atom is 0.262 e. The van der Waals surface area contributed by atoms with Gasteiger partial charge in [-0.05, 0) is 60.5 Å². The van der Waals surface area contributed by atoms with Crippen LogP contribution in [0, 0.1) is 6.92 Å². The van der Waals surface area contributed by atoms with Crippen molar-refractivity contribution in [3.05, 3.63) is 83.9 Å². The lowest BCUT2D eigenvalue weighted by Crippen LogP contribution is -2.14. The van der Waals surface area contributed by atoms with Gasteiger partial charge in [0.2, 0.25) is 0 Å². The van der Waals surface area contributed by atoms with Crippen LogP contribution in [-0.2, 0) is 16.6 Å². The van der Waals surface area contributed by atoms with Crippen LogP contribution in [0.2, 0.25) is 0 Å². The molecule has 6 heteroatoms. The highest BCUT2D eigenvalue weighted by molar-refractivity contribution is 7.92. The molecule has 0 atom stereocenters. The molecule has 0 spiro atoms. The fraction of sp³-hybridized carbons (Fsp3) is 0.143. The molecule has 140 valence electrons. The van der Waals surface area contributed by atoms with E-state index in [0.29, 0.717) is 29.4 Å². The Bertz CT molecular complexity index is 1000. The fourth-order valence-electron chi connectivity index (χ4n) is 2.62. The van der Waals surface area contributed by atoms with Gasteiger partial charge in [0.15, 0.2) is 0 Å². The lowest BCUT2D eigenvalue weighted by molar-refractivity contribution is 0.306. The van der Waals surface area contributed by atoms with Crippen molar-refractivity contribution in [2.24, 2.45) is 0 Å². The topological polar surface area (TPSA) is 64.6 Å². The second kappa shape index (κ2) is 8.14. The Balaban J connectivity index is 1.68. The Morgan fingerprint density at radius 1 is 0.889 bits per heavy atom. The number of rotatable bonds is 7. The Labute approximate surface area is 159 Å². The summed E-state index contributed by atoms with van der Waals surface area (Å²) >= 11 is 0. The predicted molar refractivity (Wildman–Crippen MR) is 106 cm³/mol. The highest BCUT2D eigenvalue weighted by atomic mass is 32.2. The van der Waals surface area contributed by atoms with Gasteiger partial charge in [0.25, 0.3) is 10.0 Å². The summed E-state index contributed by atoms with van der Waals surface area (Å²) < 4.78 is 38.7. The van der Waals surface area contributed by atoms with Gasteiger partial charge in [0, 0.05) is 5.69 Å². The minimum absolute atomic E-state index is 0.215. The molecule has 1 N–H and O–H groups in total. The zero-order valence-corrected chi connectivity index (χ0v) is 16.0. The Morgan fingerprint density at radius 2 is 1.56 bits per heavy atom. The van der Waals surface area contributed by atoms with Crippen molar-refractivity contribution in [3.63, 3.8) is 0 Å². The molecule has 0 heterocycles. The molecule has 0 aliphatic heterocycles. The Morgan fingerprint density at radius 3 is 2.19 bits per heavy atom. The van der Waals surface area contributed by atoms with Crippen LogP contribution in [0.5, 0.6) is 11.5 Å². The van der Waals surface area contributed by atoms with Crippen LogP contribution in [0.25, 0.3) is 0 Å². The van der Waals surface area contributed by atoms with Crippen LogP contribution < -0.4 is 14.2 Å². The van der Waals surface area contributed by atoms with E-state index in [2.05, 4.69) is 4.72 Å². The van der Waals surface area contributed by atoms with Gasteiger partial charge in [-0.1, -0.05) is 30.3 Å². The molecule has 0 saturated carbocycles. The number of ether oxygens (including phenoxy) is 2. The van der Waals surface area contributed by atoms with Gasteiger partial charge in [0.05, 0.1) is 12.0 Å². The SMILES string of the molecule is COc1ccc(S(=O)(=O)Nc2ccc(OCc3ccccc3)cc2)c(C)c1. The van der Waals surface area contributed by atoms with E-state index in [1.165, 1.54) is 6.07 Å². The van der Waals surface area contributed by atoms with Crippen molar-refractivity contribution in [2.75, 3.05) is 11.8 Å². The molecule has 3 aromatic rings. The number of anilines is 1. The molecule has 0 radical (unpaired) electrons. The molecule has 5 nitrogen and oxygen atoms in total. The van der Waals surface area contributed by atoms with E-state index >= 15 is 0 Å². The monoisotopic (exact) mass is 383 g/mol. The summed E-state index contributed by atoms with van der Waals surface area (Å²) in [6, 6.07) is 21.5. The van der Waals surface area contributed by atoms with Crippen LogP contribution in [-0.4, -0.2) is 15.5 Å². The first-order valence-electron chi connectivity index (χ1n) is 8.42. The van der Waals surface area contributed by atoms with Crippen LogP contribution in [0.4, 0.5) is 5.69 Å². The third-order valence-electron chi connectivity index (χ3n) is 4.03. The molecule has 0 aromatic heterocycles. The zero-order chi connectivity index (χ0) is 19.3. The van der Waals surface area contributed by atoms with Crippen molar-refractivity contribution in [1.82, 2.24) is 0 Å². The Hall–Kier alpha value is -2.99. The smallest absolute Gasteiger partial charge is 0.262 e. The number of aryl methyl sites for hydroxylation is 1. The molecule has 0 bridgehead atoms. The average Bonchev–Trinajstić information content (AvgIpc) is 2.67. The summed E-state index contributed by atoms with van der Waals surface area (Å²) in [4.78, 5) is 0.215. The molecular formula is C21H21NO4S. The molecule has 0 aliphatic rings. The summed E-state index contributed by atoms with van der Waals surface area (Å²) in [5.74, 6) is 1.29. The number of hydrogen-bond acceptors (Lipinski definition) is 4. The number of nitrogens with one attached hydrogen (secondary N) is 1. The Kier molecular flexibility index (Phi) is 5.66. The van der Waals surface area contributed by atoms with Crippen molar-refractivity contribution < 1.29 is 17.9 Å².